The van der Waals surface area contributed by atoms with Crippen molar-refractivity contribution in [1.82, 2.24) is 14.8 Å². The smallest absolute Gasteiger partial charge is 0.260 e. The van der Waals surface area contributed by atoms with E-state index in [2.05, 4.69) is 4.98 Å². The molecule has 2 heterocycles. The lowest BCUT2D eigenvalue weighted by atomic mass is 10.2. The number of H-pyrrole nitrogens is 1. The van der Waals surface area contributed by atoms with Crippen LogP contribution in [0.2, 0.25) is 0 Å². The maximum atomic E-state index is 12.4. The van der Waals surface area contributed by atoms with Crippen LogP contribution in [0, 0.1) is 6.92 Å². The molecule has 6 heteroatoms. The van der Waals surface area contributed by atoms with Gasteiger partial charge in [0, 0.05) is 38.6 Å². The highest BCUT2D eigenvalue weighted by molar-refractivity contribution is 5.80. The Kier molecular flexibility index (Phi) is 5.94. The van der Waals surface area contributed by atoms with Crippen molar-refractivity contribution in [2.75, 3.05) is 32.8 Å². The molecule has 1 saturated heterocycles. The molecule has 1 aromatic carbocycles. The summed E-state index contributed by atoms with van der Waals surface area (Å²) in [4.78, 5) is 31.5. The van der Waals surface area contributed by atoms with E-state index in [-0.39, 0.29) is 18.4 Å². The highest BCUT2D eigenvalue weighted by atomic mass is 16.5. The van der Waals surface area contributed by atoms with Crippen molar-refractivity contribution in [2.24, 2.45) is 0 Å². The second-order valence-electron chi connectivity index (χ2n) is 6.62. The Bertz CT molecular complexity index is 743. The maximum Gasteiger partial charge on any atom is 0.260 e. The van der Waals surface area contributed by atoms with Crippen LogP contribution in [0.3, 0.4) is 0 Å². The maximum absolute atomic E-state index is 12.4. The number of hydrogen-bond donors (Lipinski definition) is 1. The summed E-state index contributed by atoms with van der Waals surface area (Å²) in [5.74, 6) is 0.776. The Morgan fingerprint density at radius 2 is 1.85 bits per heavy atom. The van der Waals surface area contributed by atoms with Gasteiger partial charge in [0.1, 0.15) is 5.75 Å². The number of aryl methyl sites for hydroxylation is 1. The third-order valence-electron chi connectivity index (χ3n) is 4.57. The molecule has 26 heavy (non-hydrogen) atoms. The molecule has 0 spiro atoms. The van der Waals surface area contributed by atoms with Gasteiger partial charge in [-0.25, -0.2) is 0 Å². The van der Waals surface area contributed by atoms with Crippen LogP contribution in [0.15, 0.2) is 42.7 Å². The number of aromatic amines is 1. The summed E-state index contributed by atoms with van der Waals surface area (Å²) in [6.07, 6.45) is 4.84. The molecule has 3 rings (SSSR count). The number of carbonyl (C=O) groups excluding carboxylic acids is 2. The highest BCUT2D eigenvalue weighted by Crippen LogP contribution is 2.13. The van der Waals surface area contributed by atoms with Gasteiger partial charge in [0.2, 0.25) is 5.91 Å². The molecular weight excluding hydrogens is 330 g/mol. The fourth-order valence-electron chi connectivity index (χ4n) is 3.11. The van der Waals surface area contributed by atoms with E-state index in [1.165, 1.54) is 0 Å². The zero-order valence-corrected chi connectivity index (χ0v) is 15.1. The largest absolute Gasteiger partial charge is 0.484 e. The van der Waals surface area contributed by atoms with Crippen molar-refractivity contribution in [3.63, 3.8) is 0 Å². The Labute approximate surface area is 153 Å². The van der Waals surface area contributed by atoms with E-state index in [4.69, 9.17) is 4.74 Å². The molecule has 2 aromatic rings. The Morgan fingerprint density at radius 1 is 1.08 bits per heavy atom. The van der Waals surface area contributed by atoms with Crippen LogP contribution in [-0.2, 0) is 16.0 Å². The molecule has 1 N–H and O–H groups in total. The minimum absolute atomic E-state index is 0.0285. The highest BCUT2D eigenvalue weighted by Gasteiger charge is 2.22. The van der Waals surface area contributed by atoms with Crippen LogP contribution >= 0.6 is 0 Å². The number of aromatic nitrogens is 1. The number of ether oxygens (including phenoxy) is 1. The minimum Gasteiger partial charge on any atom is -0.484 e. The summed E-state index contributed by atoms with van der Waals surface area (Å²) in [5, 5.41) is 0. The summed E-state index contributed by atoms with van der Waals surface area (Å²) >= 11 is 0. The third kappa shape index (κ3) is 4.88. The van der Waals surface area contributed by atoms with Crippen LogP contribution in [-0.4, -0.2) is 59.4 Å². The summed E-state index contributed by atoms with van der Waals surface area (Å²) in [5.41, 5.74) is 2.08. The first kappa shape index (κ1) is 18.0. The molecule has 2 amide bonds. The molecule has 0 bridgehead atoms. The standard InChI is InChI=1S/C20H25N3O3/c1-16-4-2-5-18(12-16)26-15-20(25)23-9-3-8-22(10-11-23)19(24)13-17-6-7-21-14-17/h2,4-7,12,14,21H,3,8-11,13,15H2,1H3. The second-order valence-corrected chi connectivity index (χ2v) is 6.62. The number of hydrogen-bond acceptors (Lipinski definition) is 3. The molecule has 0 saturated carbocycles. The molecule has 1 aliphatic heterocycles. The van der Waals surface area contributed by atoms with Crippen molar-refractivity contribution in [3.8, 4) is 5.75 Å². The van der Waals surface area contributed by atoms with Crippen molar-refractivity contribution < 1.29 is 14.3 Å². The molecule has 0 aliphatic carbocycles. The molecule has 138 valence electrons. The van der Waals surface area contributed by atoms with Crippen LogP contribution in [0.4, 0.5) is 0 Å². The van der Waals surface area contributed by atoms with Crippen molar-refractivity contribution in [1.29, 1.82) is 0 Å². The summed E-state index contributed by atoms with van der Waals surface area (Å²) in [6, 6.07) is 9.58. The predicted octanol–water partition coefficient (Wildman–Crippen LogP) is 2.01. The number of nitrogens with one attached hydrogen (secondary N) is 1. The van der Waals surface area contributed by atoms with Crippen LogP contribution in [0.5, 0.6) is 5.75 Å². The normalized spacial score (nSPS) is 14.8. The number of rotatable bonds is 5. The van der Waals surface area contributed by atoms with E-state index in [0.717, 1.165) is 17.5 Å². The molecule has 0 radical (unpaired) electrons. The van der Waals surface area contributed by atoms with E-state index in [1.807, 2.05) is 54.5 Å². The van der Waals surface area contributed by atoms with Gasteiger partial charge in [0.25, 0.3) is 5.91 Å². The SMILES string of the molecule is Cc1cccc(OCC(=O)N2CCCN(C(=O)Cc3cc[nH]c3)CC2)c1. The molecule has 6 nitrogen and oxygen atoms in total. The van der Waals surface area contributed by atoms with E-state index < -0.39 is 0 Å². The lowest BCUT2D eigenvalue weighted by molar-refractivity contribution is -0.134. The molecule has 1 aliphatic rings. The Hall–Kier alpha value is -2.76. The Balaban J connectivity index is 1.48. The van der Waals surface area contributed by atoms with Crippen LogP contribution < -0.4 is 4.74 Å². The van der Waals surface area contributed by atoms with E-state index in [1.54, 1.807) is 4.90 Å². The fourth-order valence-corrected chi connectivity index (χ4v) is 3.11. The number of carbonyl (C=O) groups is 2. The number of nitrogens with zero attached hydrogens (tertiary/aromatic N) is 2. The van der Waals surface area contributed by atoms with Gasteiger partial charge in [-0.15, -0.1) is 0 Å². The van der Waals surface area contributed by atoms with Gasteiger partial charge in [-0.3, -0.25) is 9.59 Å². The quantitative estimate of drug-likeness (QED) is 0.892. The molecule has 0 unspecified atom stereocenters. The van der Waals surface area contributed by atoms with E-state index in [9.17, 15) is 9.59 Å². The second kappa shape index (κ2) is 8.56. The number of benzene rings is 1. The van der Waals surface area contributed by atoms with Crippen molar-refractivity contribution in [3.05, 3.63) is 53.9 Å². The lowest BCUT2D eigenvalue weighted by Gasteiger charge is -2.22. The van der Waals surface area contributed by atoms with Crippen molar-refractivity contribution in [2.45, 2.75) is 19.8 Å². The first-order chi connectivity index (χ1) is 12.6. The summed E-state index contributed by atoms with van der Waals surface area (Å²) in [6.45, 7) is 4.48. The van der Waals surface area contributed by atoms with Crippen LogP contribution in [0.25, 0.3) is 0 Å². The fraction of sp³-hybridized carbons (Fsp3) is 0.400. The first-order valence-electron chi connectivity index (χ1n) is 8.98. The van der Waals surface area contributed by atoms with Gasteiger partial charge in [0.15, 0.2) is 6.61 Å². The van der Waals surface area contributed by atoms with E-state index >= 15 is 0 Å². The van der Waals surface area contributed by atoms with Crippen LogP contribution in [0.1, 0.15) is 17.5 Å². The third-order valence-corrected chi connectivity index (χ3v) is 4.57. The van der Waals surface area contributed by atoms with Crippen molar-refractivity contribution >= 4 is 11.8 Å². The average Bonchev–Trinajstić information content (AvgIpc) is 3.01. The molecule has 0 atom stereocenters. The van der Waals surface area contributed by atoms with Gasteiger partial charge in [-0.2, -0.15) is 0 Å². The van der Waals surface area contributed by atoms with Gasteiger partial charge in [0.05, 0.1) is 6.42 Å². The monoisotopic (exact) mass is 355 g/mol. The minimum atomic E-state index is -0.0357. The zero-order valence-electron chi connectivity index (χ0n) is 15.1. The predicted molar refractivity (Wildman–Crippen MR) is 98.9 cm³/mol. The van der Waals surface area contributed by atoms with Gasteiger partial charge in [-0.05, 0) is 42.7 Å². The molecule has 1 fully saturated rings. The molecule has 1 aromatic heterocycles. The topological polar surface area (TPSA) is 65.6 Å². The lowest BCUT2D eigenvalue weighted by Crippen LogP contribution is -2.39. The summed E-state index contributed by atoms with van der Waals surface area (Å²) in [7, 11) is 0. The number of amides is 2. The zero-order chi connectivity index (χ0) is 18.4. The Morgan fingerprint density at radius 3 is 2.54 bits per heavy atom. The average molecular weight is 355 g/mol. The van der Waals surface area contributed by atoms with Gasteiger partial charge < -0.3 is 19.5 Å². The summed E-state index contributed by atoms with van der Waals surface area (Å²) < 4.78 is 5.61. The first-order valence-corrected chi connectivity index (χ1v) is 8.98. The van der Waals surface area contributed by atoms with E-state index in [0.29, 0.717) is 38.3 Å². The molecular formula is C20H25N3O3. The van der Waals surface area contributed by atoms with Gasteiger partial charge >= 0.3 is 0 Å². The van der Waals surface area contributed by atoms with Gasteiger partial charge in [-0.1, -0.05) is 12.1 Å².